The van der Waals surface area contributed by atoms with Gasteiger partial charge in [0.15, 0.2) is 5.96 Å². The summed E-state index contributed by atoms with van der Waals surface area (Å²) in [5.74, 6) is 0.910. The number of guanidine groups is 1. The molecule has 1 unspecified atom stereocenters. The van der Waals surface area contributed by atoms with Crippen LogP contribution in [0.3, 0.4) is 0 Å². The molecule has 0 aliphatic heterocycles. The van der Waals surface area contributed by atoms with Crippen LogP contribution in [0.15, 0.2) is 4.99 Å². The Morgan fingerprint density at radius 3 is 2.50 bits per heavy atom. The summed E-state index contributed by atoms with van der Waals surface area (Å²) in [6.07, 6.45) is 3.72. The number of hydrogen-bond donors (Lipinski definition) is 2. The topological polar surface area (TPSA) is 89.0 Å². The fraction of sp³-hybridized carbons (Fsp3) is 0.933. The Morgan fingerprint density at radius 2 is 1.92 bits per heavy atom. The zero-order chi connectivity index (χ0) is 17.6. The lowest BCUT2D eigenvalue weighted by Crippen LogP contribution is -2.42. The van der Waals surface area contributed by atoms with E-state index in [1.165, 1.54) is 6.26 Å². The number of ether oxygens (including phenoxy) is 2. The number of sulfone groups is 1. The molecule has 0 amide bonds. The van der Waals surface area contributed by atoms with E-state index in [0.29, 0.717) is 32.8 Å². The van der Waals surface area contributed by atoms with Gasteiger partial charge in [-0.25, -0.2) is 8.42 Å². The molecule has 0 saturated carbocycles. The van der Waals surface area contributed by atoms with Crippen LogP contribution in [0.2, 0.25) is 0 Å². The van der Waals surface area contributed by atoms with Crippen LogP contribution < -0.4 is 10.6 Å². The number of nitrogens with one attached hydrogen (secondary N) is 2. The van der Waals surface area contributed by atoms with Crippen LogP contribution in [-0.2, 0) is 19.3 Å². The zero-order valence-corrected chi connectivity index (χ0v) is 18.5. The van der Waals surface area contributed by atoms with Crippen LogP contribution in [0.1, 0.15) is 33.1 Å². The van der Waals surface area contributed by atoms with Crippen molar-refractivity contribution in [2.24, 2.45) is 4.99 Å². The molecule has 0 spiro atoms. The van der Waals surface area contributed by atoms with Gasteiger partial charge in [-0.15, -0.1) is 24.0 Å². The van der Waals surface area contributed by atoms with Crippen molar-refractivity contribution in [2.45, 2.75) is 39.2 Å². The van der Waals surface area contributed by atoms with E-state index in [1.807, 2.05) is 13.8 Å². The second-order valence-corrected chi connectivity index (χ2v) is 7.80. The summed E-state index contributed by atoms with van der Waals surface area (Å²) in [4.78, 5) is 4.50. The average molecular weight is 479 g/mol. The second-order valence-electron chi connectivity index (χ2n) is 5.54. The minimum absolute atomic E-state index is 0. The first kappa shape index (κ1) is 26.1. The van der Waals surface area contributed by atoms with Crippen molar-refractivity contribution in [3.63, 3.8) is 0 Å². The monoisotopic (exact) mass is 479 g/mol. The lowest BCUT2D eigenvalue weighted by Gasteiger charge is -2.17. The van der Waals surface area contributed by atoms with Gasteiger partial charge in [0.05, 0.1) is 19.0 Å². The lowest BCUT2D eigenvalue weighted by molar-refractivity contribution is 0.0690. The SMILES string of the molecule is CCNC(=NCCCCOCCOC)NC(C)CCS(C)(=O)=O.I. The van der Waals surface area contributed by atoms with E-state index >= 15 is 0 Å². The minimum atomic E-state index is -2.92. The lowest BCUT2D eigenvalue weighted by atomic mass is 10.3. The molecule has 0 aromatic heterocycles. The summed E-state index contributed by atoms with van der Waals surface area (Å²) in [6, 6.07) is 0.0555. The largest absolute Gasteiger partial charge is 0.382 e. The molecular formula is C15H34IN3O4S. The van der Waals surface area contributed by atoms with E-state index in [9.17, 15) is 8.42 Å². The molecule has 146 valence electrons. The first-order chi connectivity index (χ1) is 10.9. The maximum atomic E-state index is 11.2. The Hall–Kier alpha value is -0.130. The van der Waals surface area contributed by atoms with Gasteiger partial charge in [-0.2, -0.15) is 0 Å². The van der Waals surface area contributed by atoms with Crippen molar-refractivity contribution in [1.29, 1.82) is 0 Å². The third-order valence-electron chi connectivity index (χ3n) is 3.05. The highest BCUT2D eigenvalue weighted by Gasteiger charge is 2.09. The molecule has 0 fully saturated rings. The Kier molecular flexibility index (Phi) is 17.8. The van der Waals surface area contributed by atoms with Gasteiger partial charge in [-0.05, 0) is 33.1 Å². The zero-order valence-electron chi connectivity index (χ0n) is 15.3. The normalized spacial score (nSPS) is 13.2. The first-order valence-electron chi connectivity index (χ1n) is 8.18. The fourth-order valence-electron chi connectivity index (χ4n) is 1.77. The number of hydrogen-bond acceptors (Lipinski definition) is 5. The van der Waals surface area contributed by atoms with Crippen molar-refractivity contribution in [1.82, 2.24) is 10.6 Å². The number of aliphatic imine (C=N–C) groups is 1. The smallest absolute Gasteiger partial charge is 0.191 e. The summed E-state index contributed by atoms with van der Waals surface area (Å²) in [5, 5.41) is 6.41. The van der Waals surface area contributed by atoms with Gasteiger partial charge in [0.1, 0.15) is 9.84 Å². The Labute approximate surface area is 164 Å². The molecule has 0 rings (SSSR count). The first-order valence-corrected chi connectivity index (χ1v) is 10.2. The molecule has 0 bridgehead atoms. The van der Waals surface area contributed by atoms with Crippen LogP contribution in [0, 0.1) is 0 Å². The Bertz CT molecular complexity index is 419. The minimum Gasteiger partial charge on any atom is -0.382 e. The molecule has 0 heterocycles. The summed E-state index contributed by atoms with van der Waals surface area (Å²) >= 11 is 0. The van der Waals surface area contributed by atoms with Gasteiger partial charge >= 0.3 is 0 Å². The van der Waals surface area contributed by atoms with Gasteiger partial charge in [0.2, 0.25) is 0 Å². The van der Waals surface area contributed by atoms with Gasteiger partial charge in [0.25, 0.3) is 0 Å². The molecule has 0 saturated heterocycles. The molecule has 2 N–H and O–H groups in total. The van der Waals surface area contributed by atoms with E-state index in [-0.39, 0.29) is 35.8 Å². The number of unbranched alkanes of at least 4 members (excludes halogenated alkanes) is 1. The molecular weight excluding hydrogens is 445 g/mol. The maximum absolute atomic E-state index is 11.2. The Morgan fingerprint density at radius 1 is 1.21 bits per heavy atom. The summed E-state index contributed by atoms with van der Waals surface area (Å²) in [5.41, 5.74) is 0. The fourth-order valence-corrected chi connectivity index (χ4v) is 2.55. The van der Waals surface area contributed by atoms with E-state index < -0.39 is 9.84 Å². The molecule has 0 aliphatic rings. The number of rotatable bonds is 13. The molecule has 1 atom stereocenters. The number of halogens is 1. The predicted molar refractivity (Wildman–Crippen MR) is 110 cm³/mol. The molecule has 0 aromatic carbocycles. The number of methoxy groups -OCH3 is 1. The third-order valence-corrected chi connectivity index (χ3v) is 4.02. The van der Waals surface area contributed by atoms with Crippen LogP contribution in [0.5, 0.6) is 0 Å². The standard InChI is InChI=1S/C15H33N3O4S.HI/c1-5-16-15(18-14(2)8-13-23(4,19)20)17-9-6-7-10-22-12-11-21-3;/h14H,5-13H2,1-4H3,(H2,16,17,18);1H. The highest BCUT2D eigenvalue weighted by atomic mass is 127. The molecule has 9 heteroatoms. The van der Waals surface area contributed by atoms with Crippen LogP contribution in [0.4, 0.5) is 0 Å². The van der Waals surface area contributed by atoms with E-state index in [0.717, 1.165) is 25.3 Å². The summed E-state index contributed by atoms with van der Waals surface area (Å²) in [7, 11) is -1.27. The van der Waals surface area contributed by atoms with Crippen molar-refractivity contribution in [2.75, 3.05) is 52.0 Å². The van der Waals surface area contributed by atoms with Crippen molar-refractivity contribution < 1.29 is 17.9 Å². The van der Waals surface area contributed by atoms with Gasteiger partial charge in [-0.1, -0.05) is 0 Å². The van der Waals surface area contributed by atoms with Crippen molar-refractivity contribution in [3.8, 4) is 0 Å². The third kappa shape index (κ3) is 18.2. The molecule has 0 aromatic rings. The quantitative estimate of drug-likeness (QED) is 0.180. The van der Waals surface area contributed by atoms with Crippen molar-refractivity contribution >= 4 is 39.8 Å². The van der Waals surface area contributed by atoms with Crippen LogP contribution >= 0.6 is 24.0 Å². The highest BCUT2D eigenvalue weighted by molar-refractivity contribution is 14.0. The van der Waals surface area contributed by atoms with E-state index in [2.05, 4.69) is 15.6 Å². The molecule has 24 heavy (non-hydrogen) atoms. The molecule has 7 nitrogen and oxygen atoms in total. The summed E-state index contributed by atoms with van der Waals surface area (Å²) in [6.45, 7) is 7.41. The Balaban J connectivity index is 0. The second kappa shape index (κ2) is 16.3. The van der Waals surface area contributed by atoms with Gasteiger partial charge in [0, 0.05) is 39.1 Å². The molecule has 0 radical (unpaired) electrons. The van der Waals surface area contributed by atoms with E-state index in [1.54, 1.807) is 7.11 Å². The number of nitrogens with zero attached hydrogens (tertiary/aromatic N) is 1. The maximum Gasteiger partial charge on any atom is 0.191 e. The van der Waals surface area contributed by atoms with Crippen LogP contribution in [0.25, 0.3) is 0 Å². The van der Waals surface area contributed by atoms with E-state index in [4.69, 9.17) is 9.47 Å². The van der Waals surface area contributed by atoms with Gasteiger partial charge < -0.3 is 20.1 Å². The van der Waals surface area contributed by atoms with Crippen molar-refractivity contribution in [3.05, 3.63) is 0 Å². The van der Waals surface area contributed by atoms with Crippen LogP contribution in [-0.4, -0.2) is 72.4 Å². The van der Waals surface area contributed by atoms with Gasteiger partial charge in [-0.3, -0.25) is 4.99 Å². The molecule has 0 aliphatic carbocycles. The predicted octanol–water partition coefficient (Wildman–Crippen LogP) is 1.43. The summed E-state index contributed by atoms with van der Waals surface area (Å²) < 4.78 is 32.7. The highest BCUT2D eigenvalue weighted by Crippen LogP contribution is 1.96. The average Bonchev–Trinajstić information content (AvgIpc) is 2.47.